The smallest absolute Gasteiger partial charge is 0.263 e. The van der Waals surface area contributed by atoms with Gasteiger partial charge in [-0.05, 0) is 37.1 Å². The van der Waals surface area contributed by atoms with E-state index in [1.165, 1.54) is 11.3 Å². The molecule has 1 aromatic carbocycles. The van der Waals surface area contributed by atoms with Crippen molar-refractivity contribution in [2.24, 2.45) is 0 Å². The zero-order chi connectivity index (χ0) is 14.9. The zero-order valence-corrected chi connectivity index (χ0v) is 12.6. The molecule has 1 amide bonds. The maximum Gasteiger partial charge on any atom is 0.263 e. The van der Waals surface area contributed by atoms with Gasteiger partial charge in [0.15, 0.2) is 5.13 Å². The summed E-state index contributed by atoms with van der Waals surface area (Å²) in [5, 5.41) is 7.98. The van der Waals surface area contributed by atoms with Crippen LogP contribution in [0.2, 0.25) is 0 Å². The van der Waals surface area contributed by atoms with Gasteiger partial charge in [0.05, 0.1) is 11.7 Å². The van der Waals surface area contributed by atoms with Crippen molar-refractivity contribution in [1.82, 2.24) is 15.3 Å². The van der Waals surface area contributed by atoms with Crippen molar-refractivity contribution in [2.75, 3.05) is 5.32 Å². The van der Waals surface area contributed by atoms with Crippen LogP contribution in [0.4, 0.5) is 10.8 Å². The lowest BCUT2D eigenvalue weighted by Crippen LogP contribution is -2.24. The molecule has 0 atom stereocenters. The van der Waals surface area contributed by atoms with Crippen molar-refractivity contribution in [3.8, 4) is 0 Å². The number of amides is 1. The molecule has 5 nitrogen and oxygen atoms in total. The van der Waals surface area contributed by atoms with Gasteiger partial charge in [-0.3, -0.25) is 9.78 Å². The highest BCUT2D eigenvalue weighted by molar-refractivity contribution is 7.17. The lowest BCUT2D eigenvalue weighted by Gasteiger charge is -2.04. The van der Waals surface area contributed by atoms with E-state index in [1.54, 1.807) is 12.4 Å². The molecular formula is C16H14N4OS. The third-order valence-electron chi connectivity index (χ3n) is 3.50. The Morgan fingerprint density at radius 2 is 2.14 bits per heavy atom. The van der Waals surface area contributed by atoms with Gasteiger partial charge in [0.2, 0.25) is 0 Å². The van der Waals surface area contributed by atoms with Gasteiger partial charge in [0, 0.05) is 23.3 Å². The van der Waals surface area contributed by atoms with E-state index in [0.29, 0.717) is 16.1 Å². The number of hydrogen-bond donors (Lipinski definition) is 2. The Bertz CT molecular complexity index is 841. The van der Waals surface area contributed by atoms with E-state index in [-0.39, 0.29) is 5.91 Å². The Balaban J connectivity index is 1.52. The Kier molecular flexibility index (Phi) is 3.23. The lowest BCUT2D eigenvalue weighted by atomic mass is 10.2. The summed E-state index contributed by atoms with van der Waals surface area (Å²) in [5.41, 5.74) is 1.89. The zero-order valence-electron chi connectivity index (χ0n) is 11.7. The van der Waals surface area contributed by atoms with Gasteiger partial charge < -0.3 is 10.6 Å². The minimum atomic E-state index is -0.0317. The molecule has 2 heterocycles. The van der Waals surface area contributed by atoms with Crippen LogP contribution in [0.5, 0.6) is 0 Å². The van der Waals surface area contributed by atoms with Crippen LogP contribution >= 0.6 is 11.3 Å². The third-order valence-corrected chi connectivity index (χ3v) is 4.41. The number of pyridine rings is 1. The maximum absolute atomic E-state index is 12.0. The number of carbonyl (C=O) groups is 1. The molecule has 0 saturated heterocycles. The van der Waals surface area contributed by atoms with Crippen LogP contribution in [0.1, 0.15) is 22.5 Å². The molecular weight excluding hydrogens is 296 g/mol. The summed E-state index contributed by atoms with van der Waals surface area (Å²) < 4.78 is 0. The summed E-state index contributed by atoms with van der Waals surface area (Å²) in [7, 11) is 0. The number of carbonyl (C=O) groups excluding carboxylic acids is 1. The molecule has 110 valence electrons. The van der Waals surface area contributed by atoms with E-state index >= 15 is 0 Å². The van der Waals surface area contributed by atoms with Crippen LogP contribution in [0.3, 0.4) is 0 Å². The second-order valence-corrected chi connectivity index (χ2v) is 6.34. The molecule has 3 aromatic rings. The van der Waals surface area contributed by atoms with Crippen LogP contribution in [0, 0.1) is 0 Å². The number of thiazole rings is 1. The van der Waals surface area contributed by atoms with Crippen molar-refractivity contribution >= 4 is 39.0 Å². The van der Waals surface area contributed by atoms with Crippen molar-refractivity contribution in [3.05, 3.63) is 47.6 Å². The van der Waals surface area contributed by atoms with Crippen LogP contribution < -0.4 is 10.6 Å². The highest BCUT2D eigenvalue weighted by atomic mass is 32.1. The maximum atomic E-state index is 12.0. The SMILES string of the molecule is O=C(NC1CC1)c1cnc(Nc2ccc3ncccc3c2)s1. The molecule has 0 radical (unpaired) electrons. The quantitative estimate of drug-likeness (QED) is 0.775. The van der Waals surface area contributed by atoms with Crippen LogP contribution in [0.15, 0.2) is 42.7 Å². The van der Waals surface area contributed by atoms with E-state index in [1.807, 2.05) is 30.3 Å². The van der Waals surface area contributed by atoms with Gasteiger partial charge >= 0.3 is 0 Å². The number of fused-ring (bicyclic) bond motifs is 1. The second kappa shape index (κ2) is 5.38. The first-order valence-corrected chi connectivity index (χ1v) is 7.98. The molecule has 0 aliphatic heterocycles. The van der Waals surface area contributed by atoms with Crippen LogP contribution in [-0.2, 0) is 0 Å². The van der Waals surface area contributed by atoms with Crippen LogP contribution in [0.25, 0.3) is 10.9 Å². The first-order chi connectivity index (χ1) is 10.8. The first kappa shape index (κ1) is 13.2. The van der Waals surface area contributed by atoms with E-state index in [9.17, 15) is 4.79 Å². The molecule has 0 bridgehead atoms. The third kappa shape index (κ3) is 2.78. The number of rotatable bonds is 4. The molecule has 2 N–H and O–H groups in total. The fraction of sp³-hybridized carbons (Fsp3) is 0.188. The summed E-state index contributed by atoms with van der Waals surface area (Å²) in [5.74, 6) is -0.0317. The molecule has 1 aliphatic rings. The molecule has 0 spiro atoms. The van der Waals surface area contributed by atoms with Gasteiger partial charge in [-0.15, -0.1) is 0 Å². The van der Waals surface area contributed by atoms with Gasteiger partial charge in [-0.25, -0.2) is 4.98 Å². The Labute approximate surface area is 131 Å². The van der Waals surface area contributed by atoms with E-state index in [4.69, 9.17) is 0 Å². The number of benzene rings is 1. The minimum Gasteiger partial charge on any atom is -0.349 e. The number of anilines is 2. The van der Waals surface area contributed by atoms with Crippen molar-refractivity contribution in [2.45, 2.75) is 18.9 Å². The fourth-order valence-electron chi connectivity index (χ4n) is 2.20. The molecule has 2 aromatic heterocycles. The number of nitrogens with zero attached hydrogens (tertiary/aromatic N) is 2. The average molecular weight is 310 g/mol. The summed E-state index contributed by atoms with van der Waals surface area (Å²) in [4.78, 5) is 21.2. The molecule has 22 heavy (non-hydrogen) atoms. The number of hydrogen-bond acceptors (Lipinski definition) is 5. The predicted octanol–water partition coefficient (Wildman–Crippen LogP) is 3.33. The van der Waals surface area contributed by atoms with Crippen LogP contribution in [-0.4, -0.2) is 21.9 Å². The summed E-state index contributed by atoms with van der Waals surface area (Å²) in [6, 6.07) is 10.2. The monoisotopic (exact) mass is 310 g/mol. The highest BCUT2D eigenvalue weighted by Gasteiger charge is 2.24. The summed E-state index contributed by atoms with van der Waals surface area (Å²) in [6.45, 7) is 0. The van der Waals surface area contributed by atoms with Gasteiger partial charge in [0.1, 0.15) is 4.88 Å². The summed E-state index contributed by atoms with van der Waals surface area (Å²) >= 11 is 1.36. The average Bonchev–Trinajstić information content (AvgIpc) is 3.22. The van der Waals surface area contributed by atoms with Gasteiger partial charge in [0.25, 0.3) is 5.91 Å². The Morgan fingerprint density at radius 3 is 3.00 bits per heavy atom. The normalized spacial score (nSPS) is 14.0. The topological polar surface area (TPSA) is 66.9 Å². The first-order valence-electron chi connectivity index (χ1n) is 7.16. The van der Waals surface area contributed by atoms with Crippen molar-refractivity contribution in [1.29, 1.82) is 0 Å². The Hall–Kier alpha value is -2.47. The number of aromatic nitrogens is 2. The van der Waals surface area contributed by atoms with Crippen molar-refractivity contribution in [3.63, 3.8) is 0 Å². The highest BCUT2D eigenvalue weighted by Crippen LogP contribution is 2.26. The van der Waals surface area contributed by atoms with E-state index in [2.05, 4.69) is 20.6 Å². The van der Waals surface area contributed by atoms with Gasteiger partial charge in [-0.2, -0.15) is 0 Å². The molecule has 6 heteroatoms. The predicted molar refractivity (Wildman–Crippen MR) is 87.6 cm³/mol. The molecule has 4 rings (SSSR count). The second-order valence-electron chi connectivity index (χ2n) is 5.31. The molecule has 1 fully saturated rings. The molecule has 1 saturated carbocycles. The Morgan fingerprint density at radius 1 is 1.23 bits per heavy atom. The largest absolute Gasteiger partial charge is 0.349 e. The standard InChI is InChI=1S/C16H14N4OS/c21-15(19-11-3-4-11)14-9-18-16(22-14)20-12-5-6-13-10(8-12)2-1-7-17-13/h1-2,5-9,11H,3-4H2,(H,18,20)(H,19,21). The van der Waals surface area contributed by atoms with E-state index in [0.717, 1.165) is 29.4 Å². The van der Waals surface area contributed by atoms with E-state index < -0.39 is 0 Å². The fourth-order valence-corrected chi connectivity index (χ4v) is 2.94. The van der Waals surface area contributed by atoms with Crippen molar-refractivity contribution < 1.29 is 4.79 Å². The lowest BCUT2D eigenvalue weighted by molar-refractivity contribution is 0.0955. The molecule has 1 aliphatic carbocycles. The number of nitrogens with one attached hydrogen (secondary N) is 2. The molecule has 0 unspecified atom stereocenters. The van der Waals surface area contributed by atoms with Gasteiger partial charge in [-0.1, -0.05) is 17.4 Å². The minimum absolute atomic E-state index is 0.0317. The summed E-state index contributed by atoms with van der Waals surface area (Å²) in [6.07, 6.45) is 5.57.